The van der Waals surface area contributed by atoms with Gasteiger partial charge in [0.25, 0.3) is 0 Å². The summed E-state index contributed by atoms with van der Waals surface area (Å²) in [5.41, 5.74) is 11.8. The zero-order valence-electron chi connectivity index (χ0n) is 27.5. The van der Waals surface area contributed by atoms with E-state index in [2.05, 4.69) is 144 Å². The molecule has 0 unspecified atom stereocenters. The molecule has 0 aliphatic rings. The van der Waals surface area contributed by atoms with E-state index in [0.717, 1.165) is 66.8 Å². The summed E-state index contributed by atoms with van der Waals surface area (Å²) < 4.78 is 12.8. The van der Waals surface area contributed by atoms with Crippen molar-refractivity contribution < 1.29 is 8.83 Å². The molecule has 10 rings (SSSR count). The van der Waals surface area contributed by atoms with Gasteiger partial charge in [-0.2, -0.15) is 0 Å². The second-order valence-corrected chi connectivity index (χ2v) is 12.7. The first kappa shape index (κ1) is 29.0. The molecule has 0 radical (unpaired) electrons. The number of fused-ring (bicyclic) bond motifs is 5. The highest BCUT2D eigenvalue weighted by atomic mass is 16.4. The van der Waals surface area contributed by atoms with Crippen molar-refractivity contribution >= 4 is 60.9 Å². The van der Waals surface area contributed by atoms with Gasteiger partial charge in [0.05, 0.1) is 5.69 Å². The topological polar surface area (TPSA) is 42.4 Å². The maximum absolute atomic E-state index is 6.62. The predicted octanol–water partition coefficient (Wildman–Crippen LogP) is 13.4. The van der Waals surface area contributed by atoms with Gasteiger partial charge in [0.15, 0.2) is 5.58 Å². The fourth-order valence-corrected chi connectivity index (χ4v) is 7.30. The summed E-state index contributed by atoms with van der Waals surface area (Å²) in [6.07, 6.45) is 0. The van der Waals surface area contributed by atoms with Crippen LogP contribution in [0, 0.1) is 0 Å². The van der Waals surface area contributed by atoms with Gasteiger partial charge in [-0.3, -0.25) is 0 Å². The lowest BCUT2D eigenvalue weighted by Gasteiger charge is -2.27. The van der Waals surface area contributed by atoms with Crippen LogP contribution in [0.4, 0.5) is 17.1 Å². The van der Waals surface area contributed by atoms with E-state index in [1.54, 1.807) is 0 Å². The van der Waals surface area contributed by atoms with E-state index in [4.69, 9.17) is 13.8 Å². The second-order valence-electron chi connectivity index (χ2n) is 12.7. The third kappa shape index (κ3) is 4.96. The summed E-state index contributed by atoms with van der Waals surface area (Å²) >= 11 is 0. The minimum absolute atomic E-state index is 0.576. The maximum atomic E-state index is 6.62. The minimum atomic E-state index is 0.576. The van der Waals surface area contributed by atoms with Gasteiger partial charge in [-0.05, 0) is 76.7 Å². The Morgan fingerprint density at radius 1 is 0.412 bits per heavy atom. The van der Waals surface area contributed by atoms with E-state index in [-0.39, 0.29) is 0 Å². The number of nitrogens with zero attached hydrogens (tertiary/aromatic N) is 2. The zero-order valence-corrected chi connectivity index (χ0v) is 27.5. The molecule has 0 amide bonds. The molecule has 0 atom stereocenters. The third-order valence-corrected chi connectivity index (χ3v) is 9.72. The fourth-order valence-electron chi connectivity index (χ4n) is 7.30. The summed E-state index contributed by atoms with van der Waals surface area (Å²) in [4.78, 5) is 7.31. The Labute approximate surface area is 294 Å². The second kappa shape index (κ2) is 11.9. The van der Waals surface area contributed by atoms with E-state index in [1.165, 1.54) is 21.9 Å². The van der Waals surface area contributed by atoms with Gasteiger partial charge in [-0.25, -0.2) is 4.98 Å². The molecule has 0 N–H and O–H groups in total. The molecular weight excluding hydrogens is 625 g/mol. The molecule has 0 aliphatic carbocycles. The quantitative estimate of drug-likeness (QED) is 0.179. The molecule has 4 nitrogen and oxygen atoms in total. The van der Waals surface area contributed by atoms with Crippen molar-refractivity contribution in [3.05, 3.63) is 182 Å². The number of rotatable bonds is 6. The maximum Gasteiger partial charge on any atom is 0.228 e. The Morgan fingerprint density at radius 3 is 1.84 bits per heavy atom. The average Bonchev–Trinajstić information content (AvgIpc) is 3.81. The molecule has 0 fully saturated rings. The molecule has 10 aromatic rings. The van der Waals surface area contributed by atoms with Crippen molar-refractivity contribution in [3.63, 3.8) is 0 Å². The summed E-state index contributed by atoms with van der Waals surface area (Å²) in [5.74, 6) is 0.576. The van der Waals surface area contributed by atoms with Gasteiger partial charge in [0.1, 0.15) is 16.7 Å². The number of benzene rings is 8. The number of furan rings is 1. The normalized spacial score (nSPS) is 11.5. The van der Waals surface area contributed by atoms with Crippen LogP contribution in [0.25, 0.3) is 77.5 Å². The largest absolute Gasteiger partial charge is 0.456 e. The SMILES string of the molecule is c1ccc(-c2ccc(N(c3ccc(-c4cccc5nc(-c6cccc7oc8ccccc8c67)oc45)cc3)c3cccc4ccccc34)cc2)cc1. The van der Waals surface area contributed by atoms with Crippen LogP contribution in [0.5, 0.6) is 0 Å². The highest BCUT2D eigenvalue weighted by Crippen LogP contribution is 2.42. The lowest BCUT2D eigenvalue weighted by atomic mass is 10.0. The smallest absolute Gasteiger partial charge is 0.228 e. The van der Waals surface area contributed by atoms with Crippen LogP contribution in [0.15, 0.2) is 191 Å². The van der Waals surface area contributed by atoms with Crippen molar-refractivity contribution in [1.82, 2.24) is 4.98 Å². The lowest BCUT2D eigenvalue weighted by molar-refractivity contribution is 0.621. The van der Waals surface area contributed by atoms with Crippen molar-refractivity contribution in [2.45, 2.75) is 0 Å². The van der Waals surface area contributed by atoms with Crippen LogP contribution in [-0.2, 0) is 0 Å². The Hall–Kier alpha value is -6.91. The van der Waals surface area contributed by atoms with E-state index in [0.29, 0.717) is 5.89 Å². The average molecular weight is 655 g/mol. The molecule has 51 heavy (non-hydrogen) atoms. The standard InChI is InChI=1S/C47H30N2O2/c1-2-11-31(12-3-1)32-23-27-35(28-24-32)49(42-20-8-14-33-13-4-5-15-37(33)42)36-29-25-34(26-30-36)38-17-9-19-41-46(38)51-47(48-41)40-18-10-22-44-45(40)39-16-6-7-21-43(39)50-44/h1-30H. The lowest BCUT2D eigenvalue weighted by Crippen LogP contribution is -2.10. The Balaban J connectivity index is 1.07. The number of oxazole rings is 1. The molecule has 2 aromatic heterocycles. The van der Waals surface area contributed by atoms with Crippen LogP contribution in [0.3, 0.4) is 0 Å². The van der Waals surface area contributed by atoms with Gasteiger partial charge in [-0.15, -0.1) is 0 Å². The van der Waals surface area contributed by atoms with Crippen molar-refractivity contribution in [2.75, 3.05) is 4.90 Å². The van der Waals surface area contributed by atoms with Crippen LogP contribution in [0.2, 0.25) is 0 Å². The third-order valence-electron chi connectivity index (χ3n) is 9.72. The first-order chi connectivity index (χ1) is 25.3. The van der Waals surface area contributed by atoms with Crippen molar-refractivity contribution in [2.24, 2.45) is 0 Å². The fraction of sp³-hybridized carbons (Fsp3) is 0. The monoisotopic (exact) mass is 654 g/mol. The predicted molar refractivity (Wildman–Crippen MR) is 210 cm³/mol. The first-order valence-electron chi connectivity index (χ1n) is 17.1. The molecule has 0 saturated carbocycles. The van der Waals surface area contributed by atoms with Crippen LogP contribution in [0.1, 0.15) is 0 Å². The van der Waals surface area contributed by atoms with Crippen molar-refractivity contribution in [1.29, 1.82) is 0 Å². The van der Waals surface area contributed by atoms with Crippen LogP contribution >= 0.6 is 0 Å². The summed E-state index contributed by atoms with van der Waals surface area (Å²) in [6, 6.07) is 63.4. The molecule has 8 aromatic carbocycles. The molecule has 240 valence electrons. The first-order valence-corrected chi connectivity index (χ1v) is 17.1. The van der Waals surface area contributed by atoms with E-state index in [9.17, 15) is 0 Å². The summed E-state index contributed by atoms with van der Waals surface area (Å²) in [5, 5.41) is 4.45. The van der Waals surface area contributed by atoms with Crippen molar-refractivity contribution in [3.8, 4) is 33.7 Å². The highest BCUT2D eigenvalue weighted by Gasteiger charge is 2.20. The molecule has 0 aliphatic heterocycles. The number of hydrogen-bond acceptors (Lipinski definition) is 4. The Morgan fingerprint density at radius 2 is 1.02 bits per heavy atom. The molecule has 4 heteroatoms. The number of aromatic nitrogens is 1. The van der Waals surface area contributed by atoms with E-state index >= 15 is 0 Å². The molecule has 0 saturated heterocycles. The van der Waals surface area contributed by atoms with Gasteiger partial charge >= 0.3 is 0 Å². The van der Waals surface area contributed by atoms with Gasteiger partial charge in [-0.1, -0.05) is 127 Å². The van der Waals surface area contributed by atoms with E-state index < -0.39 is 0 Å². The molecule has 0 spiro atoms. The number of hydrogen-bond donors (Lipinski definition) is 0. The number of anilines is 3. The molecule has 0 bridgehead atoms. The summed E-state index contributed by atoms with van der Waals surface area (Å²) in [6.45, 7) is 0. The zero-order chi connectivity index (χ0) is 33.7. The highest BCUT2D eigenvalue weighted by molar-refractivity contribution is 6.12. The van der Waals surface area contributed by atoms with Gasteiger partial charge < -0.3 is 13.7 Å². The van der Waals surface area contributed by atoms with Crippen LogP contribution in [-0.4, -0.2) is 4.98 Å². The molecule has 2 heterocycles. The van der Waals surface area contributed by atoms with E-state index in [1.807, 2.05) is 42.5 Å². The molecular formula is C47H30N2O2. The van der Waals surface area contributed by atoms with Crippen LogP contribution < -0.4 is 4.90 Å². The Kier molecular flexibility index (Phi) is 6.78. The minimum Gasteiger partial charge on any atom is -0.456 e. The summed E-state index contributed by atoms with van der Waals surface area (Å²) in [7, 11) is 0. The number of para-hydroxylation sites is 2. The van der Waals surface area contributed by atoms with Gasteiger partial charge in [0.2, 0.25) is 5.89 Å². The Bertz CT molecular complexity index is 2840. The van der Waals surface area contributed by atoms with Gasteiger partial charge in [0, 0.05) is 38.7 Å².